The molecule has 0 atom stereocenters. The number of guanidine groups is 1. The van der Waals surface area contributed by atoms with Crippen LogP contribution in [0, 0.1) is 6.92 Å². The first-order chi connectivity index (χ1) is 12.4. The molecule has 2 rings (SSSR count). The van der Waals surface area contributed by atoms with E-state index >= 15 is 0 Å². The van der Waals surface area contributed by atoms with E-state index in [0.717, 1.165) is 28.2 Å². The third kappa shape index (κ3) is 7.17. The monoisotopic (exact) mass is 547 g/mol. The van der Waals surface area contributed by atoms with Gasteiger partial charge in [-0.05, 0) is 36.8 Å². The molecule has 148 valence electrons. The van der Waals surface area contributed by atoms with E-state index in [0.29, 0.717) is 13.0 Å². The topological polar surface area (TPSA) is 61.7 Å². The number of carbonyl (C=O) groups excluding carboxylic acids is 1. The molecule has 0 radical (unpaired) electrons. The Labute approximate surface area is 186 Å². The van der Waals surface area contributed by atoms with Gasteiger partial charge in [-0.1, -0.05) is 22.0 Å². The minimum Gasteiger partial charge on any atom is -0.356 e. The van der Waals surface area contributed by atoms with Crippen LogP contribution in [0.5, 0.6) is 0 Å². The molecule has 1 aromatic heterocycles. The molecule has 0 saturated heterocycles. The highest BCUT2D eigenvalue weighted by molar-refractivity contribution is 14.0. The number of rotatable bonds is 6. The fourth-order valence-corrected chi connectivity index (χ4v) is 2.95. The summed E-state index contributed by atoms with van der Waals surface area (Å²) in [5, 5.41) is 6.19. The van der Waals surface area contributed by atoms with Gasteiger partial charge in [0.25, 0.3) is 0 Å². The van der Waals surface area contributed by atoms with Crippen molar-refractivity contribution in [2.45, 2.75) is 19.9 Å². The van der Waals surface area contributed by atoms with Gasteiger partial charge in [-0.3, -0.25) is 9.79 Å². The number of anilines is 1. The summed E-state index contributed by atoms with van der Waals surface area (Å²) in [6.07, 6.45) is 2.39. The fourth-order valence-electron chi connectivity index (χ4n) is 2.59. The summed E-state index contributed by atoms with van der Waals surface area (Å²) in [6.45, 7) is 3.23. The first-order valence-corrected chi connectivity index (χ1v) is 9.28. The zero-order valence-corrected chi connectivity index (χ0v) is 20.0. The molecule has 27 heavy (non-hydrogen) atoms. The lowest BCUT2D eigenvalue weighted by Gasteiger charge is -2.22. The summed E-state index contributed by atoms with van der Waals surface area (Å²) in [7, 11) is 5.75. The maximum Gasteiger partial charge on any atom is 0.226 e. The van der Waals surface area contributed by atoms with Gasteiger partial charge < -0.3 is 20.1 Å². The summed E-state index contributed by atoms with van der Waals surface area (Å²) in [5.74, 6) is 0.733. The maximum absolute atomic E-state index is 12.2. The largest absolute Gasteiger partial charge is 0.356 e. The maximum atomic E-state index is 12.2. The number of hydrogen-bond donors (Lipinski definition) is 2. The summed E-state index contributed by atoms with van der Waals surface area (Å²) in [6, 6.07) is 9.94. The lowest BCUT2D eigenvalue weighted by Crippen LogP contribution is -2.40. The molecule has 0 saturated carbocycles. The minimum absolute atomic E-state index is 0. The number of nitrogens with one attached hydrogen (secondary N) is 2. The summed E-state index contributed by atoms with van der Waals surface area (Å²) >= 11 is 3.43. The third-order valence-electron chi connectivity index (χ3n) is 4.13. The lowest BCUT2D eigenvalue weighted by molar-refractivity contribution is -0.116. The van der Waals surface area contributed by atoms with Crippen LogP contribution in [0.3, 0.4) is 0 Å². The second kappa shape index (κ2) is 11.3. The number of benzene rings is 1. The predicted octanol–water partition coefficient (Wildman–Crippen LogP) is 3.75. The minimum atomic E-state index is -0.0285. The van der Waals surface area contributed by atoms with Crippen LogP contribution in [-0.4, -0.2) is 42.0 Å². The van der Waals surface area contributed by atoms with Crippen LogP contribution in [0.4, 0.5) is 5.69 Å². The van der Waals surface area contributed by atoms with Crippen molar-refractivity contribution in [3.8, 4) is 0 Å². The number of carbonyl (C=O) groups is 1. The standard InChI is InChI=1S/C19H26BrN5O.HI/c1-14-7-8-15(20)12-17(14)23-18(26)9-10-22-19(21-2)25(4)13-16-6-5-11-24(16)3;/h5-8,11-12H,9-10,13H2,1-4H3,(H,21,22)(H,23,26);1H. The molecule has 0 aliphatic rings. The number of nitrogens with zero attached hydrogens (tertiary/aromatic N) is 3. The molecule has 2 aromatic rings. The first-order valence-electron chi connectivity index (χ1n) is 8.48. The number of halogens is 2. The molecule has 1 heterocycles. The summed E-state index contributed by atoms with van der Waals surface area (Å²) in [5.41, 5.74) is 3.06. The van der Waals surface area contributed by atoms with Crippen LogP contribution in [0.2, 0.25) is 0 Å². The van der Waals surface area contributed by atoms with Gasteiger partial charge in [0.2, 0.25) is 5.91 Å². The quantitative estimate of drug-likeness (QED) is 0.329. The normalized spacial score (nSPS) is 10.9. The fraction of sp³-hybridized carbons (Fsp3) is 0.368. The Morgan fingerprint density at radius 3 is 2.70 bits per heavy atom. The highest BCUT2D eigenvalue weighted by Gasteiger charge is 2.10. The van der Waals surface area contributed by atoms with E-state index in [1.165, 1.54) is 5.69 Å². The zero-order valence-electron chi connectivity index (χ0n) is 16.1. The Morgan fingerprint density at radius 1 is 1.33 bits per heavy atom. The number of aryl methyl sites for hydroxylation is 2. The van der Waals surface area contributed by atoms with Crippen LogP contribution in [0.25, 0.3) is 0 Å². The van der Waals surface area contributed by atoms with Crippen molar-refractivity contribution in [1.29, 1.82) is 0 Å². The van der Waals surface area contributed by atoms with E-state index in [1.807, 2.05) is 56.4 Å². The van der Waals surface area contributed by atoms with Crippen molar-refractivity contribution in [2.24, 2.45) is 12.0 Å². The molecule has 0 spiro atoms. The van der Waals surface area contributed by atoms with Crippen LogP contribution >= 0.6 is 39.9 Å². The molecule has 0 bridgehead atoms. The van der Waals surface area contributed by atoms with Crippen molar-refractivity contribution >= 4 is 57.5 Å². The summed E-state index contributed by atoms with van der Waals surface area (Å²) in [4.78, 5) is 18.5. The molecule has 0 fully saturated rings. The predicted molar refractivity (Wildman–Crippen MR) is 126 cm³/mol. The molecule has 0 unspecified atom stereocenters. The molecular formula is C19H27BrIN5O. The van der Waals surface area contributed by atoms with Crippen LogP contribution in [-0.2, 0) is 18.4 Å². The van der Waals surface area contributed by atoms with Gasteiger partial charge in [-0.15, -0.1) is 24.0 Å². The Balaban J connectivity index is 0.00000364. The number of amides is 1. The third-order valence-corrected chi connectivity index (χ3v) is 4.63. The molecular weight excluding hydrogens is 521 g/mol. The van der Waals surface area contributed by atoms with E-state index in [2.05, 4.69) is 42.2 Å². The van der Waals surface area contributed by atoms with Gasteiger partial charge in [-0.25, -0.2) is 0 Å². The Kier molecular flexibility index (Phi) is 9.86. The zero-order chi connectivity index (χ0) is 19.1. The molecule has 0 aliphatic carbocycles. The van der Waals surface area contributed by atoms with Gasteiger partial charge in [0.15, 0.2) is 5.96 Å². The number of aromatic nitrogens is 1. The average molecular weight is 548 g/mol. The average Bonchev–Trinajstić information content (AvgIpc) is 2.99. The van der Waals surface area contributed by atoms with Crippen molar-refractivity contribution < 1.29 is 4.79 Å². The number of hydrogen-bond acceptors (Lipinski definition) is 2. The van der Waals surface area contributed by atoms with Crippen LogP contribution in [0.15, 0.2) is 46.0 Å². The van der Waals surface area contributed by atoms with Gasteiger partial charge in [0, 0.05) is 56.2 Å². The van der Waals surface area contributed by atoms with Crippen molar-refractivity contribution in [1.82, 2.24) is 14.8 Å². The molecule has 1 aromatic carbocycles. The van der Waals surface area contributed by atoms with E-state index < -0.39 is 0 Å². The van der Waals surface area contributed by atoms with Crippen molar-refractivity contribution in [3.05, 3.63) is 52.3 Å². The van der Waals surface area contributed by atoms with Gasteiger partial charge in [0.1, 0.15) is 0 Å². The van der Waals surface area contributed by atoms with E-state index in [-0.39, 0.29) is 29.9 Å². The molecule has 1 amide bonds. The van der Waals surface area contributed by atoms with E-state index in [1.54, 1.807) is 7.05 Å². The Morgan fingerprint density at radius 2 is 2.07 bits per heavy atom. The van der Waals surface area contributed by atoms with Gasteiger partial charge in [-0.2, -0.15) is 0 Å². The van der Waals surface area contributed by atoms with Gasteiger partial charge in [0.05, 0.1) is 6.54 Å². The van der Waals surface area contributed by atoms with E-state index in [4.69, 9.17) is 0 Å². The lowest BCUT2D eigenvalue weighted by atomic mass is 10.2. The summed E-state index contributed by atoms with van der Waals surface area (Å²) < 4.78 is 3.02. The second-order valence-electron chi connectivity index (χ2n) is 6.20. The van der Waals surface area contributed by atoms with E-state index in [9.17, 15) is 4.79 Å². The highest BCUT2D eigenvalue weighted by Crippen LogP contribution is 2.20. The van der Waals surface area contributed by atoms with Crippen LogP contribution in [0.1, 0.15) is 17.7 Å². The smallest absolute Gasteiger partial charge is 0.226 e. The molecule has 2 N–H and O–H groups in total. The highest BCUT2D eigenvalue weighted by atomic mass is 127. The Bertz CT molecular complexity index is 790. The van der Waals surface area contributed by atoms with Crippen molar-refractivity contribution in [2.75, 3.05) is 26.0 Å². The van der Waals surface area contributed by atoms with Crippen molar-refractivity contribution in [3.63, 3.8) is 0 Å². The number of aliphatic imine (C=N–C) groups is 1. The SMILES string of the molecule is CN=C(NCCC(=O)Nc1cc(Br)ccc1C)N(C)Cc1cccn1C.I. The molecule has 0 aliphatic heterocycles. The molecule has 6 nitrogen and oxygen atoms in total. The molecule has 8 heteroatoms. The van der Waals surface area contributed by atoms with Gasteiger partial charge >= 0.3 is 0 Å². The second-order valence-corrected chi connectivity index (χ2v) is 7.11. The Hall–Kier alpha value is -1.55. The first kappa shape index (κ1) is 23.5. The van der Waals surface area contributed by atoms with Crippen LogP contribution < -0.4 is 10.6 Å².